The van der Waals surface area contributed by atoms with E-state index < -0.39 is 29.4 Å². The van der Waals surface area contributed by atoms with Crippen molar-refractivity contribution in [3.8, 4) is 0 Å². The Morgan fingerprint density at radius 2 is 1.76 bits per heavy atom. The van der Waals surface area contributed by atoms with E-state index in [9.17, 15) is 14.7 Å². The molecule has 0 saturated heterocycles. The Hall–Kier alpha value is -2.14. The molecule has 0 amide bonds. The molecular formula is C20H28O5. The molecule has 2 rings (SSSR count). The lowest BCUT2D eigenvalue weighted by Crippen LogP contribution is -2.27. The third kappa shape index (κ3) is 5.71. The summed E-state index contributed by atoms with van der Waals surface area (Å²) in [6.07, 6.45) is 2.26. The third-order valence-electron chi connectivity index (χ3n) is 4.24. The number of carbonyl (C=O) groups excluding carboxylic acids is 2. The van der Waals surface area contributed by atoms with Gasteiger partial charge >= 0.3 is 11.9 Å². The van der Waals surface area contributed by atoms with E-state index in [1.165, 1.54) is 7.11 Å². The Balaban J connectivity index is 0.00000151. The topological polar surface area (TPSA) is 72.8 Å². The molecule has 1 N–H and O–H groups in total. The van der Waals surface area contributed by atoms with Gasteiger partial charge in [-0.05, 0) is 24.8 Å². The number of carbonyl (C=O) groups is 2. The van der Waals surface area contributed by atoms with Gasteiger partial charge in [-0.2, -0.15) is 0 Å². The van der Waals surface area contributed by atoms with Crippen molar-refractivity contribution < 1.29 is 24.2 Å². The van der Waals surface area contributed by atoms with E-state index in [0.717, 1.165) is 5.56 Å². The van der Waals surface area contributed by atoms with Gasteiger partial charge in [0.05, 0.1) is 24.5 Å². The Kier molecular flexibility index (Phi) is 8.35. The number of aliphatic hydroxyl groups is 1. The molecule has 3 atom stereocenters. The van der Waals surface area contributed by atoms with E-state index in [4.69, 9.17) is 9.47 Å². The normalized spacial score (nSPS) is 24.6. The number of hydrogen-bond donors (Lipinski definition) is 1. The zero-order valence-electron chi connectivity index (χ0n) is 15.2. The molecule has 25 heavy (non-hydrogen) atoms. The van der Waals surface area contributed by atoms with Crippen LogP contribution in [0.3, 0.4) is 0 Å². The first-order valence-corrected chi connectivity index (χ1v) is 8.61. The monoisotopic (exact) mass is 348 g/mol. The summed E-state index contributed by atoms with van der Waals surface area (Å²) in [7, 11) is 1.28. The van der Waals surface area contributed by atoms with Crippen molar-refractivity contribution in [1.82, 2.24) is 0 Å². The van der Waals surface area contributed by atoms with Crippen LogP contribution in [0.5, 0.6) is 0 Å². The fourth-order valence-corrected chi connectivity index (χ4v) is 3.10. The minimum atomic E-state index is -1.11. The van der Waals surface area contributed by atoms with Gasteiger partial charge in [0.25, 0.3) is 0 Å². The van der Waals surface area contributed by atoms with Crippen LogP contribution < -0.4 is 0 Å². The lowest BCUT2D eigenvalue weighted by atomic mass is 9.96. The number of rotatable bonds is 6. The number of esters is 2. The van der Waals surface area contributed by atoms with Crippen LogP contribution in [0.25, 0.3) is 0 Å². The highest BCUT2D eigenvalue weighted by atomic mass is 16.5. The van der Waals surface area contributed by atoms with Crippen molar-refractivity contribution in [2.24, 2.45) is 11.8 Å². The van der Waals surface area contributed by atoms with Crippen molar-refractivity contribution in [2.75, 3.05) is 7.11 Å². The summed E-state index contributed by atoms with van der Waals surface area (Å²) in [6, 6.07) is 9.31. The van der Waals surface area contributed by atoms with Gasteiger partial charge in [-0.15, -0.1) is 6.58 Å². The number of methoxy groups -OCH3 is 1. The molecule has 1 fully saturated rings. The fourth-order valence-electron chi connectivity index (χ4n) is 3.10. The van der Waals surface area contributed by atoms with Crippen molar-refractivity contribution in [2.45, 2.75) is 45.3 Å². The standard InChI is InChI=1S/C18H22O5.C2H6/c1-3-9-18(21)10-14(16(19)22-2)15(11-18)17(20)23-12-13-7-5-4-6-8-13;1-2/h3-8,14-15,21H,1,9-12H2,2H3;1-2H3. The van der Waals surface area contributed by atoms with E-state index in [0.29, 0.717) is 6.42 Å². The second kappa shape index (κ2) is 9.99. The number of benzene rings is 1. The highest BCUT2D eigenvalue weighted by molar-refractivity contribution is 5.83. The van der Waals surface area contributed by atoms with Gasteiger partial charge in [-0.1, -0.05) is 50.3 Å². The molecule has 1 aliphatic rings. The molecule has 3 unspecified atom stereocenters. The van der Waals surface area contributed by atoms with Gasteiger partial charge in [0.15, 0.2) is 0 Å². The van der Waals surface area contributed by atoms with Crippen LogP contribution in [-0.2, 0) is 25.7 Å². The first-order chi connectivity index (χ1) is 12.0. The third-order valence-corrected chi connectivity index (χ3v) is 4.24. The number of ether oxygens (including phenoxy) is 2. The molecule has 0 spiro atoms. The van der Waals surface area contributed by atoms with Gasteiger partial charge in [0.2, 0.25) is 0 Å². The van der Waals surface area contributed by atoms with E-state index in [1.807, 2.05) is 44.2 Å². The first-order valence-electron chi connectivity index (χ1n) is 8.61. The number of hydrogen-bond acceptors (Lipinski definition) is 5. The molecule has 0 aliphatic heterocycles. The fraction of sp³-hybridized carbons (Fsp3) is 0.500. The zero-order valence-corrected chi connectivity index (χ0v) is 15.2. The Morgan fingerprint density at radius 1 is 1.20 bits per heavy atom. The van der Waals surface area contributed by atoms with Crippen LogP contribution >= 0.6 is 0 Å². The average Bonchev–Trinajstić information content (AvgIpc) is 2.99. The summed E-state index contributed by atoms with van der Waals surface area (Å²) >= 11 is 0. The maximum absolute atomic E-state index is 12.4. The quantitative estimate of drug-likeness (QED) is 0.631. The van der Waals surface area contributed by atoms with Crippen molar-refractivity contribution in [1.29, 1.82) is 0 Å². The maximum Gasteiger partial charge on any atom is 0.310 e. The summed E-state index contributed by atoms with van der Waals surface area (Å²) in [4.78, 5) is 24.3. The van der Waals surface area contributed by atoms with Crippen LogP contribution in [0.2, 0.25) is 0 Å². The van der Waals surface area contributed by atoms with Crippen LogP contribution in [-0.4, -0.2) is 29.8 Å². The molecule has 1 aromatic carbocycles. The Bertz CT molecular complexity index is 569. The van der Waals surface area contributed by atoms with Crippen LogP contribution in [0.4, 0.5) is 0 Å². The maximum atomic E-state index is 12.4. The smallest absolute Gasteiger partial charge is 0.310 e. The van der Waals surface area contributed by atoms with Gasteiger partial charge in [-0.3, -0.25) is 9.59 Å². The molecule has 5 nitrogen and oxygen atoms in total. The molecule has 1 aromatic rings. The second-order valence-corrected chi connectivity index (χ2v) is 5.95. The van der Waals surface area contributed by atoms with Crippen molar-refractivity contribution in [3.63, 3.8) is 0 Å². The lowest BCUT2D eigenvalue weighted by molar-refractivity contribution is -0.158. The molecule has 0 heterocycles. The summed E-state index contributed by atoms with van der Waals surface area (Å²) in [5.41, 5.74) is -0.244. The Labute approximate surface area is 149 Å². The second-order valence-electron chi connectivity index (χ2n) is 5.95. The van der Waals surface area contributed by atoms with Crippen molar-refractivity contribution >= 4 is 11.9 Å². The molecule has 1 saturated carbocycles. The molecule has 5 heteroatoms. The average molecular weight is 348 g/mol. The SMILES string of the molecule is C=CCC1(O)CC(C(=O)OC)C(C(=O)OCc2ccccc2)C1.CC. The summed E-state index contributed by atoms with van der Waals surface area (Å²) in [6.45, 7) is 7.76. The molecular weight excluding hydrogens is 320 g/mol. The Morgan fingerprint density at radius 3 is 2.28 bits per heavy atom. The molecule has 1 aliphatic carbocycles. The van der Waals surface area contributed by atoms with E-state index in [1.54, 1.807) is 6.08 Å². The minimum absolute atomic E-state index is 0.143. The first kappa shape index (κ1) is 20.9. The van der Waals surface area contributed by atoms with Gasteiger partial charge in [0.1, 0.15) is 6.61 Å². The minimum Gasteiger partial charge on any atom is -0.469 e. The van der Waals surface area contributed by atoms with Crippen LogP contribution in [0.1, 0.15) is 38.7 Å². The highest BCUT2D eigenvalue weighted by Gasteiger charge is 2.50. The predicted molar refractivity (Wildman–Crippen MR) is 95.6 cm³/mol. The summed E-state index contributed by atoms with van der Waals surface area (Å²) < 4.78 is 10.1. The highest BCUT2D eigenvalue weighted by Crippen LogP contribution is 2.43. The van der Waals surface area contributed by atoms with Gasteiger partial charge in [-0.25, -0.2) is 0 Å². The molecule has 0 radical (unpaired) electrons. The molecule has 0 bridgehead atoms. The van der Waals surface area contributed by atoms with E-state index in [-0.39, 0.29) is 19.4 Å². The van der Waals surface area contributed by atoms with Gasteiger partial charge < -0.3 is 14.6 Å². The largest absolute Gasteiger partial charge is 0.469 e. The summed E-state index contributed by atoms with van der Waals surface area (Å²) in [5.74, 6) is -2.36. The molecule has 0 aromatic heterocycles. The van der Waals surface area contributed by atoms with Crippen LogP contribution in [0.15, 0.2) is 43.0 Å². The lowest BCUT2D eigenvalue weighted by Gasteiger charge is -2.20. The predicted octanol–water partition coefficient (Wildman–Crippen LogP) is 3.26. The van der Waals surface area contributed by atoms with E-state index in [2.05, 4.69) is 6.58 Å². The summed E-state index contributed by atoms with van der Waals surface area (Å²) in [5, 5.41) is 10.5. The van der Waals surface area contributed by atoms with Crippen LogP contribution in [0, 0.1) is 11.8 Å². The van der Waals surface area contributed by atoms with Gasteiger partial charge in [0, 0.05) is 0 Å². The zero-order chi connectivity index (χ0) is 18.9. The van der Waals surface area contributed by atoms with Crippen molar-refractivity contribution in [3.05, 3.63) is 48.6 Å². The molecule has 138 valence electrons. The van der Waals surface area contributed by atoms with E-state index >= 15 is 0 Å².